The van der Waals surface area contributed by atoms with Gasteiger partial charge in [0.05, 0.1) is 6.54 Å². The molecule has 0 aliphatic rings. The maximum Gasteiger partial charge on any atom is 0.164 e. The molecule has 0 atom stereocenters. The fraction of sp³-hybridized carbons (Fsp3) is 0.385. The third-order valence-electron chi connectivity index (χ3n) is 2.96. The van der Waals surface area contributed by atoms with Gasteiger partial charge in [-0.15, -0.1) is 10.2 Å². The van der Waals surface area contributed by atoms with Gasteiger partial charge < -0.3 is 10.3 Å². The van der Waals surface area contributed by atoms with E-state index in [1.54, 1.807) is 0 Å². The highest BCUT2D eigenvalue weighted by atomic mass is 15.3. The molecular formula is C13H18N4. The molecule has 1 aromatic carbocycles. The van der Waals surface area contributed by atoms with Gasteiger partial charge in [0.2, 0.25) is 0 Å². The van der Waals surface area contributed by atoms with Crippen LogP contribution in [0.2, 0.25) is 0 Å². The van der Waals surface area contributed by atoms with E-state index in [0.29, 0.717) is 6.54 Å². The van der Waals surface area contributed by atoms with Crippen molar-refractivity contribution in [2.75, 3.05) is 0 Å². The lowest BCUT2D eigenvalue weighted by Crippen LogP contribution is -2.08. The van der Waals surface area contributed by atoms with Crippen molar-refractivity contribution in [2.24, 2.45) is 5.73 Å². The van der Waals surface area contributed by atoms with Crippen molar-refractivity contribution >= 4 is 0 Å². The topological polar surface area (TPSA) is 56.7 Å². The molecule has 0 aliphatic carbocycles. The van der Waals surface area contributed by atoms with E-state index in [1.807, 2.05) is 0 Å². The lowest BCUT2D eigenvalue weighted by molar-refractivity contribution is 0.704. The van der Waals surface area contributed by atoms with Crippen LogP contribution < -0.4 is 5.73 Å². The summed E-state index contributed by atoms with van der Waals surface area (Å²) in [5.41, 5.74) is 9.24. The van der Waals surface area contributed by atoms with Crippen LogP contribution in [-0.2, 0) is 13.1 Å². The summed E-state index contributed by atoms with van der Waals surface area (Å²) in [5, 5.41) is 8.40. The van der Waals surface area contributed by atoms with E-state index in [-0.39, 0.29) is 0 Å². The minimum Gasteiger partial charge on any atom is -0.324 e. The first kappa shape index (κ1) is 11.8. The summed E-state index contributed by atoms with van der Waals surface area (Å²) in [6.45, 7) is 7.51. The van der Waals surface area contributed by atoms with Crippen molar-refractivity contribution in [1.29, 1.82) is 0 Å². The highest BCUT2D eigenvalue weighted by molar-refractivity contribution is 5.61. The molecule has 0 bridgehead atoms. The maximum absolute atomic E-state index is 5.66. The molecule has 0 aliphatic heterocycles. The minimum absolute atomic E-state index is 0.422. The summed E-state index contributed by atoms with van der Waals surface area (Å²) in [7, 11) is 0. The Hall–Kier alpha value is -1.68. The number of hydrogen-bond donors (Lipinski definition) is 1. The fourth-order valence-corrected chi connectivity index (χ4v) is 1.99. The average Bonchev–Trinajstić information content (AvgIpc) is 2.74. The van der Waals surface area contributed by atoms with Gasteiger partial charge in [0, 0.05) is 12.1 Å². The van der Waals surface area contributed by atoms with Crippen LogP contribution in [-0.4, -0.2) is 14.8 Å². The third-order valence-corrected chi connectivity index (χ3v) is 2.96. The van der Waals surface area contributed by atoms with Crippen LogP contribution in [0, 0.1) is 13.8 Å². The van der Waals surface area contributed by atoms with Crippen molar-refractivity contribution in [2.45, 2.75) is 33.9 Å². The van der Waals surface area contributed by atoms with Crippen LogP contribution in [0.4, 0.5) is 0 Å². The summed E-state index contributed by atoms with van der Waals surface area (Å²) in [4.78, 5) is 0. The summed E-state index contributed by atoms with van der Waals surface area (Å²) < 4.78 is 2.07. The molecular weight excluding hydrogens is 212 g/mol. The van der Waals surface area contributed by atoms with Crippen molar-refractivity contribution in [3.8, 4) is 11.4 Å². The fourth-order valence-electron chi connectivity index (χ4n) is 1.99. The summed E-state index contributed by atoms with van der Waals surface area (Å²) in [5.74, 6) is 1.75. The van der Waals surface area contributed by atoms with Crippen LogP contribution in [0.3, 0.4) is 0 Å². The van der Waals surface area contributed by atoms with Gasteiger partial charge in [0.1, 0.15) is 5.82 Å². The first-order chi connectivity index (χ1) is 8.17. The van der Waals surface area contributed by atoms with Crippen LogP contribution in [0.1, 0.15) is 23.9 Å². The average molecular weight is 230 g/mol. The van der Waals surface area contributed by atoms with Gasteiger partial charge >= 0.3 is 0 Å². The molecule has 0 fully saturated rings. The molecule has 1 aromatic heterocycles. The number of aromatic nitrogens is 3. The summed E-state index contributed by atoms with van der Waals surface area (Å²) in [6.07, 6.45) is 0. The van der Waals surface area contributed by atoms with E-state index < -0.39 is 0 Å². The van der Waals surface area contributed by atoms with Crippen molar-refractivity contribution < 1.29 is 0 Å². The second-order valence-corrected chi connectivity index (χ2v) is 4.21. The second kappa shape index (κ2) is 4.67. The van der Waals surface area contributed by atoms with Crippen molar-refractivity contribution in [1.82, 2.24) is 14.8 Å². The smallest absolute Gasteiger partial charge is 0.164 e. The predicted octanol–water partition coefficient (Wildman–Crippen LogP) is 2.04. The standard InChI is InChI=1S/C13H18N4/c1-4-17-12(8-14)15-16-13(17)11-7-9(2)5-6-10(11)3/h5-7H,4,8,14H2,1-3H3. The predicted molar refractivity (Wildman–Crippen MR) is 68.5 cm³/mol. The molecule has 2 N–H and O–H groups in total. The molecule has 2 aromatic rings. The molecule has 4 heteroatoms. The first-order valence-electron chi connectivity index (χ1n) is 5.87. The number of aryl methyl sites for hydroxylation is 2. The Bertz CT molecular complexity index is 528. The molecule has 0 saturated carbocycles. The third kappa shape index (κ3) is 2.08. The molecule has 0 saturated heterocycles. The van der Waals surface area contributed by atoms with E-state index >= 15 is 0 Å². The van der Waals surface area contributed by atoms with Crippen LogP contribution >= 0.6 is 0 Å². The Balaban J connectivity index is 2.59. The zero-order valence-electron chi connectivity index (χ0n) is 10.6. The lowest BCUT2D eigenvalue weighted by atomic mass is 10.1. The van der Waals surface area contributed by atoms with Crippen LogP contribution in [0.15, 0.2) is 18.2 Å². The Morgan fingerprint density at radius 2 is 2.00 bits per heavy atom. The SMILES string of the molecule is CCn1c(CN)nnc1-c1cc(C)ccc1C. The van der Waals surface area contributed by atoms with Crippen LogP contribution in [0.25, 0.3) is 11.4 Å². The summed E-state index contributed by atoms with van der Waals surface area (Å²) in [6, 6.07) is 6.36. The molecule has 4 nitrogen and oxygen atoms in total. The van der Waals surface area contributed by atoms with Gasteiger partial charge in [0.25, 0.3) is 0 Å². The molecule has 17 heavy (non-hydrogen) atoms. The van der Waals surface area contributed by atoms with E-state index in [4.69, 9.17) is 5.73 Å². The number of nitrogens with zero attached hydrogens (tertiary/aromatic N) is 3. The Kier molecular flexibility index (Phi) is 3.24. The highest BCUT2D eigenvalue weighted by Gasteiger charge is 2.13. The maximum atomic E-state index is 5.66. The monoisotopic (exact) mass is 230 g/mol. The minimum atomic E-state index is 0.422. The molecule has 0 radical (unpaired) electrons. The van der Waals surface area contributed by atoms with E-state index in [2.05, 4.69) is 53.7 Å². The molecule has 0 amide bonds. The van der Waals surface area contributed by atoms with Gasteiger partial charge in [-0.05, 0) is 32.4 Å². The van der Waals surface area contributed by atoms with Gasteiger partial charge in [-0.1, -0.05) is 17.7 Å². The molecule has 1 heterocycles. The summed E-state index contributed by atoms with van der Waals surface area (Å²) >= 11 is 0. The van der Waals surface area contributed by atoms with E-state index in [9.17, 15) is 0 Å². The second-order valence-electron chi connectivity index (χ2n) is 4.21. The quantitative estimate of drug-likeness (QED) is 0.877. The van der Waals surface area contributed by atoms with E-state index in [0.717, 1.165) is 23.8 Å². The number of nitrogens with two attached hydrogens (primary N) is 1. The van der Waals surface area contributed by atoms with Crippen LogP contribution in [0.5, 0.6) is 0 Å². The van der Waals surface area contributed by atoms with Gasteiger partial charge in [-0.2, -0.15) is 0 Å². The number of hydrogen-bond acceptors (Lipinski definition) is 3. The van der Waals surface area contributed by atoms with E-state index in [1.165, 1.54) is 11.1 Å². The van der Waals surface area contributed by atoms with Gasteiger partial charge in [-0.3, -0.25) is 0 Å². The molecule has 90 valence electrons. The molecule has 0 spiro atoms. The highest BCUT2D eigenvalue weighted by Crippen LogP contribution is 2.23. The first-order valence-corrected chi connectivity index (χ1v) is 5.87. The zero-order valence-corrected chi connectivity index (χ0v) is 10.6. The largest absolute Gasteiger partial charge is 0.324 e. The normalized spacial score (nSPS) is 10.8. The number of rotatable bonds is 3. The Labute approximate surface area is 101 Å². The van der Waals surface area contributed by atoms with Crippen molar-refractivity contribution in [3.05, 3.63) is 35.2 Å². The molecule has 0 unspecified atom stereocenters. The van der Waals surface area contributed by atoms with Gasteiger partial charge in [0.15, 0.2) is 5.82 Å². The van der Waals surface area contributed by atoms with Gasteiger partial charge in [-0.25, -0.2) is 0 Å². The zero-order chi connectivity index (χ0) is 12.4. The Morgan fingerprint density at radius 3 is 2.65 bits per heavy atom. The molecule has 2 rings (SSSR count). The number of benzene rings is 1. The Morgan fingerprint density at radius 1 is 1.24 bits per heavy atom. The lowest BCUT2D eigenvalue weighted by Gasteiger charge is -2.09. The van der Waals surface area contributed by atoms with Crippen molar-refractivity contribution in [3.63, 3.8) is 0 Å².